The third-order valence-corrected chi connectivity index (χ3v) is 5.22. The third kappa shape index (κ3) is 4.62. The minimum atomic E-state index is -0.571. The number of hydrogen-bond donors (Lipinski definition) is 2. The van der Waals surface area contributed by atoms with Gasteiger partial charge in [-0.1, -0.05) is 23.2 Å². The van der Waals surface area contributed by atoms with E-state index < -0.39 is 11.8 Å². The molecule has 11 heteroatoms. The molecule has 1 aromatic carbocycles. The van der Waals surface area contributed by atoms with Crippen LogP contribution in [0.2, 0.25) is 10.0 Å². The Morgan fingerprint density at radius 2 is 1.81 bits per heavy atom. The van der Waals surface area contributed by atoms with Gasteiger partial charge in [0.05, 0.1) is 30.4 Å². The summed E-state index contributed by atoms with van der Waals surface area (Å²) < 4.78 is 10.3. The van der Waals surface area contributed by atoms with Crippen LogP contribution in [-0.2, 0) is 4.74 Å². The van der Waals surface area contributed by atoms with Crippen molar-refractivity contribution >= 4 is 51.5 Å². The Morgan fingerprint density at radius 1 is 1.19 bits per heavy atom. The minimum absolute atomic E-state index is 0.179. The van der Waals surface area contributed by atoms with Gasteiger partial charge in [0, 0.05) is 24.0 Å². The summed E-state index contributed by atoms with van der Waals surface area (Å²) in [4.78, 5) is 30.8. The van der Waals surface area contributed by atoms with Crippen LogP contribution in [0.3, 0.4) is 0 Å². The van der Waals surface area contributed by atoms with Crippen molar-refractivity contribution in [3.63, 3.8) is 0 Å². The van der Waals surface area contributed by atoms with Crippen LogP contribution in [0.25, 0.3) is 0 Å². The Kier molecular flexibility index (Phi) is 6.38. The topological polar surface area (TPSA) is 92.8 Å². The molecule has 8 nitrogen and oxygen atoms in total. The number of thiazole rings is 1. The number of amides is 2. The van der Waals surface area contributed by atoms with E-state index in [0.29, 0.717) is 13.2 Å². The van der Waals surface area contributed by atoms with Gasteiger partial charge in [0.1, 0.15) is 5.69 Å². The molecule has 1 aliphatic heterocycles. The highest BCUT2D eigenvalue weighted by molar-refractivity contribution is 7.13. The van der Waals surface area contributed by atoms with Crippen molar-refractivity contribution in [1.29, 1.82) is 0 Å². The van der Waals surface area contributed by atoms with E-state index in [1.165, 1.54) is 30.6 Å². The first kappa shape index (κ1) is 19.7. The average molecular weight is 431 g/mol. The molecule has 1 fully saturated rings. The zero-order valence-corrected chi connectivity index (χ0v) is 16.6. The number of morpholine rings is 1. The van der Waals surface area contributed by atoms with Gasteiger partial charge in [0.25, 0.3) is 11.8 Å². The highest BCUT2D eigenvalue weighted by Gasteiger charge is 2.18. The van der Waals surface area contributed by atoms with E-state index >= 15 is 0 Å². The van der Waals surface area contributed by atoms with E-state index in [-0.39, 0.29) is 27.1 Å². The Bertz CT molecular complexity index is 832. The molecule has 0 bridgehead atoms. The summed E-state index contributed by atoms with van der Waals surface area (Å²) in [6.45, 7) is 2.71. The number of hydrogen-bond acceptors (Lipinski definition) is 7. The maximum Gasteiger partial charge on any atom is 0.289 e. The number of halogens is 2. The van der Waals surface area contributed by atoms with Crippen molar-refractivity contribution < 1.29 is 19.1 Å². The molecular weight excluding hydrogens is 415 g/mol. The molecule has 2 N–H and O–H groups in total. The average Bonchev–Trinajstić information content (AvgIpc) is 3.16. The quantitative estimate of drug-likeness (QED) is 0.723. The fourth-order valence-corrected chi connectivity index (χ4v) is 3.91. The van der Waals surface area contributed by atoms with E-state index in [2.05, 4.69) is 15.8 Å². The number of methoxy groups -OCH3 is 1. The van der Waals surface area contributed by atoms with Crippen LogP contribution in [0.4, 0.5) is 5.13 Å². The molecular formula is C16H16Cl2N4O4S. The number of nitrogens with zero attached hydrogens (tertiary/aromatic N) is 2. The van der Waals surface area contributed by atoms with Crippen LogP contribution >= 0.6 is 34.5 Å². The molecule has 1 saturated heterocycles. The molecule has 144 valence electrons. The fourth-order valence-electron chi connectivity index (χ4n) is 2.40. The van der Waals surface area contributed by atoms with Crippen LogP contribution < -0.4 is 20.5 Å². The lowest BCUT2D eigenvalue weighted by atomic mass is 10.2. The van der Waals surface area contributed by atoms with Gasteiger partial charge < -0.3 is 14.4 Å². The predicted octanol–water partition coefficient (Wildman–Crippen LogP) is 2.37. The van der Waals surface area contributed by atoms with Crippen LogP contribution in [0.5, 0.6) is 5.75 Å². The summed E-state index contributed by atoms with van der Waals surface area (Å²) in [5.74, 6) is -0.819. The highest BCUT2D eigenvalue weighted by Crippen LogP contribution is 2.33. The molecule has 0 radical (unpaired) electrons. The van der Waals surface area contributed by atoms with Crippen LogP contribution in [0.15, 0.2) is 17.5 Å². The van der Waals surface area contributed by atoms with E-state index in [0.717, 1.165) is 18.2 Å². The predicted molar refractivity (Wildman–Crippen MR) is 103 cm³/mol. The van der Waals surface area contributed by atoms with Crippen LogP contribution in [-0.4, -0.2) is 50.2 Å². The monoisotopic (exact) mass is 430 g/mol. The number of rotatable bonds is 4. The molecule has 2 heterocycles. The maximum absolute atomic E-state index is 12.2. The Hall–Kier alpha value is -2.07. The Balaban J connectivity index is 1.60. The molecule has 27 heavy (non-hydrogen) atoms. The largest absolute Gasteiger partial charge is 0.494 e. The molecule has 0 unspecified atom stereocenters. The summed E-state index contributed by atoms with van der Waals surface area (Å²) in [5.41, 5.74) is 5.03. The van der Waals surface area contributed by atoms with Crippen LogP contribution in [0, 0.1) is 0 Å². The van der Waals surface area contributed by atoms with Gasteiger partial charge in [-0.3, -0.25) is 20.4 Å². The minimum Gasteiger partial charge on any atom is -0.494 e. The van der Waals surface area contributed by atoms with Crippen molar-refractivity contribution in [2.75, 3.05) is 38.3 Å². The zero-order chi connectivity index (χ0) is 19.4. The lowest BCUT2D eigenvalue weighted by Gasteiger charge is -2.25. The number of carbonyl (C=O) groups excluding carboxylic acids is 2. The fraction of sp³-hybridized carbons (Fsp3) is 0.312. The number of aromatic nitrogens is 1. The first-order valence-corrected chi connectivity index (χ1v) is 9.55. The number of hydrazine groups is 1. The molecule has 0 saturated carbocycles. The number of ether oxygens (including phenoxy) is 2. The van der Waals surface area contributed by atoms with Crippen molar-refractivity contribution in [1.82, 2.24) is 15.8 Å². The molecule has 3 rings (SSSR count). The molecule has 2 aromatic rings. The van der Waals surface area contributed by atoms with Gasteiger partial charge in [-0.15, -0.1) is 11.3 Å². The van der Waals surface area contributed by atoms with Crippen molar-refractivity contribution in [2.24, 2.45) is 0 Å². The van der Waals surface area contributed by atoms with Crippen molar-refractivity contribution in [3.8, 4) is 5.75 Å². The van der Waals surface area contributed by atoms with E-state index in [1.54, 1.807) is 5.38 Å². The summed E-state index contributed by atoms with van der Waals surface area (Å²) in [5, 5.41) is 2.75. The SMILES string of the molecule is COc1c(Cl)cc(C(=O)NNC(=O)c2csc(N3CCOCC3)n2)cc1Cl. The second kappa shape index (κ2) is 8.75. The highest BCUT2D eigenvalue weighted by atomic mass is 35.5. The molecule has 0 aliphatic carbocycles. The molecule has 1 aromatic heterocycles. The second-order valence-electron chi connectivity index (χ2n) is 5.50. The zero-order valence-electron chi connectivity index (χ0n) is 14.3. The molecule has 0 atom stereocenters. The standard InChI is InChI=1S/C16H16Cl2N4O4S/c1-25-13-10(17)6-9(7-11(13)18)14(23)20-21-15(24)12-8-27-16(19-12)22-2-4-26-5-3-22/h6-8H,2-5H2,1H3,(H,20,23)(H,21,24). The van der Waals surface area contributed by atoms with E-state index in [1.807, 2.05) is 4.90 Å². The summed E-state index contributed by atoms with van der Waals surface area (Å²) in [6, 6.07) is 2.79. The van der Waals surface area contributed by atoms with Gasteiger partial charge in [0.2, 0.25) is 0 Å². The van der Waals surface area contributed by atoms with E-state index in [9.17, 15) is 9.59 Å². The summed E-state index contributed by atoms with van der Waals surface area (Å²) in [7, 11) is 1.42. The van der Waals surface area contributed by atoms with E-state index in [4.69, 9.17) is 32.7 Å². The summed E-state index contributed by atoms with van der Waals surface area (Å²) in [6.07, 6.45) is 0. The van der Waals surface area contributed by atoms with Crippen molar-refractivity contribution in [3.05, 3.63) is 38.8 Å². The Morgan fingerprint density at radius 3 is 2.44 bits per heavy atom. The lowest BCUT2D eigenvalue weighted by molar-refractivity contribution is 0.0844. The second-order valence-corrected chi connectivity index (χ2v) is 7.15. The van der Waals surface area contributed by atoms with Gasteiger partial charge in [-0.25, -0.2) is 4.98 Å². The lowest BCUT2D eigenvalue weighted by Crippen LogP contribution is -2.42. The van der Waals surface area contributed by atoms with Gasteiger partial charge in [-0.2, -0.15) is 0 Å². The van der Waals surface area contributed by atoms with Crippen LogP contribution in [0.1, 0.15) is 20.8 Å². The van der Waals surface area contributed by atoms with Gasteiger partial charge in [-0.05, 0) is 12.1 Å². The van der Waals surface area contributed by atoms with Gasteiger partial charge >= 0.3 is 0 Å². The van der Waals surface area contributed by atoms with Crippen molar-refractivity contribution in [2.45, 2.75) is 0 Å². The summed E-state index contributed by atoms with van der Waals surface area (Å²) >= 11 is 13.4. The molecule has 0 spiro atoms. The first-order valence-electron chi connectivity index (χ1n) is 7.91. The normalized spacial score (nSPS) is 14.0. The number of anilines is 1. The smallest absolute Gasteiger partial charge is 0.289 e. The number of benzene rings is 1. The van der Waals surface area contributed by atoms with Gasteiger partial charge in [0.15, 0.2) is 10.9 Å². The maximum atomic E-state index is 12.2. The molecule has 1 aliphatic rings. The molecule has 2 amide bonds. The Labute approximate surface area is 169 Å². The number of carbonyl (C=O) groups is 2. The third-order valence-electron chi connectivity index (χ3n) is 3.76. The first-order chi connectivity index (χ1) is 13.0. The number of nitrogens with one attached hydrogen (secondary N) is 2.